The molecule has 0 spiro atoms. The third kappa shape index (κ3) is 2.22. The van der Waals surface area contributed by atoms with Gasteiger partial charge >= 0.3 is 0 Å². The van der Waals surface area contributed by atoms with Gasteiger partial charge in [-0.3, -0.25) is 9.48 Å². The van der Waals surface area contributed by atoms with Gasteiger partial charge in [0, 0.05) is 35.2 Å². The lowest BCUT2D eigenvalue weighted by Crippen LogP contribution is -2.23. The van der Waals surface area contributed by atoms with Crippen molar-refractivity contribution in [2.75, 3.05) is 5.32 Å². The first-order chi connectivity index (χ1) is 9.24. The maximum atomic E-state index is 12.1. The van der Waals surface area contributed by atoms with Crippen molar-refractivity contribution >= 4 is 22.5 Å². The number of nitrogens with zero attached hydrogens (tertiary/aromatic N) is 2. The Morgan fingerprint density at radius 3 is 3.11 bits per heavy atom. The van der Waals surface area contributed by atoms with Crippen molar-refractivity contribution in [2.45, 2.75) is 13.0 Å². The fourth-order valence-electron chi connectivity index (χ4n) is 2.01. The van der Waals surface area contributed by atoms with Crippen LogP contribution in [0.25, 0.3) is 10.9 Å². The summed E-state index contributed by atoms with van der Waals surface area (Å²) in [6.45, 7) is 1.82. The molecule has 0 bridgehead atoms. The van der Waals surface area contributed by atoms with E-state index in [9.17, 15) is 4.79 Å². The molecule has 2 aromatic heterocycles. The van der Waals surface area contributed by atoms with Crippen LogP contribution in [0.1, 0.15) is 13.0 Å². The van der Waals surface area contributed by atoms with Crippen LogP contribution in [-0.4, -0.2) is 20.7 Å². The van der Waals surface area contributed by atoms with Gasteiger partial charge in [-0.1, -0.05) is 0 Å². The first kappa shape index (κ1) is 11.5. The lowest BCUT2D eigenvalue weighted by atomic mass is 10.2. The highest BCUT2D eigenvalue weighted by atomic mass is 16.2. The van der Waals surface area contributed by atoms with E-state index in [2.05, 4.69) is 15.4 Å². The van der Waals surface area contributed by atoms with Crippen molar-refractivity contribution in [1.82, 2.24) is 14.8 Å². The van der Waals surface area contributed by atoms with Crippen LogP contribution in [0.4, 0.5) is 5.69 Å². The molecule has 96 valence electrons. The Hall–Kier alpha value is -2.56. The number of carbonyl (C=O) groups is 1. The average Bonchev–Trinajstić information content (AvgIpc) is 3.08. The minimum atomic E-state index is -0.336. The number of hydrogen-bond donors (Lipinski definition) is 2. The molecule has 1 aromatic carbocycles. The standard InChI is InChI=1S/C14H14N4O/c1-10(18-8-2-6-16-18)14(19)17-12-3-4-13-11(9-12)5-7-15-13/h2-10,15H,1H3,(H,17,19). The number of benzene rings is 1. The maximum Gasteiger partial charge on any atom is 0.248 e. The molecule has 0 saturated carbocycles. The van der Waals surface area contributed by atoms with Crippen LogP contribution in [0, 0.1) is 0 Å². The Balaban J connectivity index is 1.78. The number of fused-ring (bicyclic) bond motifs is 1. The summed E-state index contributed by atoms with van der Waals surface area (Å²) in [6, 6.07) is 9.21. The molecule has 3 aromatic rings. The summed E-state index contributed by atoms with van der Waals surface area (Å²) >= 11 is 0. The van der Waals surface area contributed by atoms with Gasteiger partial charge in [-0.05, 0) is 37.3 Å². The van der Waals surface area contributed by atoms with E-state index in [-0.39, 0.29) is 11.9 Å². The van der Waals surface area contributed by atoms with Crippen LogP contribution >= 0.6 is 0 Å². The summed E-state index contributed by atoms with van der Waals surface area (Å²) < 4.78 is 1.63. The van der Waals surface area contributed by atoms with Gasteiger partial charge in [0.15, 0.2) is 0 Å². The van der Waals surface area contributed by atoms with Crippen LogP contribution in [-0.2, 0) is 4.79 Å². The molecule has 2 heterocycles. The second-order valence-corrected chi connectivity index (χ2v) is 4.43. The van der Waals surface area contributed by atoms with Crippen molar-refractivity contribution in [3.8, 4) is 0 Å². The third-order valence-electron chi connectivity index (χ3n) is 3.12. The van der Waals surface area contributed by atoms with Gasteiger partial charge in [-0.15, -0.1) is 0 Å². The quantitative estimate of drug-likeness (QED) is 0.754. The monoisotopic (exact) mass is 254 g/mol. The zero-order valence-corrected chi connectivity index (χ0v) is 10.5. The van der Waals surface area contributed by atoms with Crippen molar-refractivity contribution in [3.63, 3.8) is 0 Å². The van der Waals surface area contributed by atoms with Gasteiger partial charge in [0.25, 0.3) is 0 Å². The SMILES string of the molecule is CC(C(=O)Nc1ccc2[nH]ccc2c1)n1cccn1. The van der Waals surface area contributed by atoms with Gasteiger partial charge in [0.1, 0.15) is 6.04 Å². The van der Waals surface area contributed by atoms with E-state index >= 15 is 0 Å². The fraction of sp³-hybridized carbons (Fsp3) is 0.143. The number of anilines is 1. The third-order valence-corrected chi connectivity index (χ3v) is 3.12. The lowest BCUT2D eigenvalue weighted by Gasteiger charge is -2.12. The van der Waals surface area contributed by atoms with Crippen LogP contribution in [0.3, 0.4) is 0 Å². The molecule has 0 radical (unpaired) electrons. The molecule has 5 heteroatoms. The normalized spacial score (nSPS) is 12.5. The van der Waals surface area contributed by atoms with E-state index in [1.165, 1.54) is 0 Å². The number of nitrogens with one attached hydrogen (secondary N) is 2. The van der Waals surface area contributed by atoms with Crippen molar-refractivity contribution in [1.29, 1.82) is 0 Å². The minimum absolute atomic E-state index is 0.0846. The number of aromatic amines is 1. The van der Waals surface area contributed by atoms with Gasteiger partial charge in [-0.2, -0.15) is 5.10 Å². The van der Waals surface area contributed by atoms with Crippen LogP contribution in [0.2, 0.25) is 0 Å². The van der Waals surface area contributed by atoms with Crippen molar-refractivity contribution in [3.05, 3.63) is 48.9 Å². The zero-order chi connectivity index (χ0) is 13.2. The predicted molar refractivity (Wildman–Crippen MR) is 73.9 cm³/mol. The second kappa shape index (κ2) is 4.61. The molecule has 0 aliphatic carbocycles. The number of hydrogen-bond acceptors (Lipinski definition) is 2. The summed E-state index contributed by atoms with van der Waals surface area (Å²) in [5.41, 5.74) is 1.84. The predicted octanol–water partition coefficient (Wildman–Crippen LogP) is 2.56. The molecule has 1 unspecified atom stereocenters. The van der Waals surface area contributed by atoms with E-state index < -0.39 is 0 Å². The number of rotatable bonds is 3. The second-order valence-electron chi connectivity index (χ2n) is 4.43. The molecule has 3 rings (SSSR count). The van der Waals surface area contributed by atoms with E-state index in [1.807, 2.05) is 37.4 Å². The smallest absolute Gasteiger partial charge is 0.248 e. The topological polar surface area (TPSA) is 62.7 Å². The van der Waals surface area contributed by atoms with Crippen molar-refractivity contribution in [2.24, 2.45) is 0 Å². The molecule has 0 fully saturated rings. The van der Waals surface area contributed by atoms with Gasteiger partial charge in [-0.25, -0.2) is 0 Å². The Kier molecular flexibility index (Phi) is 2.79. The van der Waals surface area contributed by atoms with E-state index in [1.54, 1.807) is 23.1 Å². The van der Waals surface area contributed by atoms with Gasteiger partial charge < -0.3 is 10.3 Å². The van der Waals surface area contributed by atoms with Gasteiger partial charge in [0.2, 0.25) is 5.91 Å². The Morgan fingerprint density at radius 2 is 2.32 bits per heavy atom. The number of aromatic nitrogens is 3. The summed E-state index contributed by atoms with van der Waals surface area (Å²) in [6.07, 6.45) is 5.32. The minimum Gasteiger partial charge on any atom is -0.361 e. The maximum absolute atomic E-state index is 12.1. The lowest BCUT2D eigenvalue weighted by molar-refractivity contribution is -0.119. The highest BCUT2D eigenvalue weighted by Gasteiger charge is 2.15. The largest absolute Gasteiger partial charge is 0.361 e. The molecule has 1 atom stereocenters. The first-order valence-corrected chi connectivity index (χ1v) is 6.11. The average molecular weight is 254 g/mol. The highest BCUT2D eigenvalue weighted by molar-refractivity contribution is 5.95. The summed E-state index contributed by atoms with van der Waals surface area (Å²) in [7, 11) is 0. The van der Waals surface area contributed by atoms with Crippen molar-refractivity contribution < 1.29 is 4.79 Å². The Morgan fingerprint density at radius 1 is 1.42 bits per heavy atom. The van der Waals surface area contributed by atoms with E-state index in [0.717, 1.165) is 16.6 Å². The molecule has 2 N–H and O–H groups in total. The number of amides is 1. The highest BCUT2D eigenvalue weighted by Crippen LogP contribution is 2.18. The molecule has 19 heavy (non-hydrogen) atoms. The summed E-state index contributed by atoms with van der Waals surface area (Å²) in [4.78, 5) is 15.2. The Labute approximate surface area is 110 Å². The van der Waals surface area contributed by atoms with Crippen LogP contribution in [0.5, 0.6) is 0 Å². The van der Waals surface area contributed by atoms with Crippen LogP contribution < -0.4 is 5.32 Å². The molecular formula is C14H14N4O. The molecule has 5 nitrogen and oxygen atoms in total. The van der Waals surface area contributed by atoms with E-state index in [4.69, 9.17) is 0 Å². The molecule has 0 aliphatic rings. The fourth-order valence-corrected chi connectivity index (χ4v) is 2.01. The van der Waals surface area contributed by atoms with Gasteiger partial charge in [0.05, 0.1) is 0 Å². The summed E-state index contributed by atoms with van der Waals surface area (Å²) in [5.74, 6) is -0.0846. The summed E-state index contributed by atoms with van der Waals surface area (Å²) in [5, 5.41) is 8.04. The molecule has 0 aliphatic heterocycles. The number of carbonyl (C=O) groups excluding carboxylic acids is 1. The van der Waals surface area contributed by atoms with Crippen LogP contribution in [0.15, 0.2) is 48.9 Å². The first-order valence-electron chi connectivity index (χ1n) is 6.11. The van der Waals surface area contributed by atoms with E-state index in [0.29, 0.717) is 0 Å². The Bertz CT molecular complexity index is 699. The molecule has 1 amide bonds. The zero-order valence-electron chi connectivity index (χ0n) is 10.5. The number of H-pyrrole nitrogens is 1. The molecule has 0 saturated heterocycles. The molecular weight excluding hydrogens is 240 g/mol.